The van der Waals surface area contributed by atoms with E-state index in [1.807, 2.05) is 53.4 Å². The molecule has 1 aliphatic rings. The van der Waals surface area contributed by atoms with Crippen LogP contribution in [0.15, 0.2) is 60.7 Å². The van der Waals surface area contributed by atoms with Crippen LogP contribution in [-0.4, -0.2) is 41.0 Å². The molecule has 4 rings (SSSR count). The normalized spacial score (nSPS) is 16.3. The molecule has 1 aliphatic heterocycles. The summed E-state index contributed by atoms with van der Waals surface area (Å²) in [5.41, 5.74) is 1.58. The molecule has 5 nitrogen and oxygen atoms in total. The SMILES string of the molecule is O=C(Nc1ccc(I)cc1C(=O)N1CCCCC1CCO)c1cccc2ccccc12. The number of likely N-dealkylation sites (tertiary alicyclic amines) is 1. The van der Waals surface area contributed by atoms with E-state index in [9.17, 15) is 14.7 Å². The van der Waals surface area contributed by atoms with E-state index in [1.165, 1.54) is 0 Å². The third-order valence-electron chi connectivity index (χ3n) is 5.84. The minimum atomic E-state index is -0.238. The molecule has 3 aromatic carbocycles. The van der Waals surface area contributed by atoms with Gasteiger partial charge in [0, 0.05) is 28.3 Å². The predicted octanol–water partition coefficient (Wildman–Crippen LogP) is 5.07. The van der Waals surface area contributed by atoms with Crippen molar-refractivity contribution in [1.82, 2.24) is 4.90 Å². The number of anilines is 1. The Morgan fingerprint density at radius 1 is 1.03 bits per heavy atom. The van der Waals surface area contributed by atoms with Gasteiger partial charge in [-0.25, -0.2) is 0 Å². The second kappa shape index (κ2) is 9.78. The quantitative estimate of drug-likeness (QED) is 0.455. The van der Waals surface area contributed by atoms with Gasteiger partial charge in [0.1, 0.15) is 0 Å². The van der Waals surface area contributed by atoms with Crippen molar-refractivity contribution in [1.29, 1.82) is 0 Å². The minimum absolute atomic E-state index is 0.0331. The standard InChI is InChI=1S/C25H25IN2O3/c26-18-11-12-23(22(16-18)25(31)28-14-4-3-8-19(28)13-15-29)27-24(30)21-10-5-7-17-6-1-2-9-20(17)21/h1-2,5-7,9-12,16,19,29H,3-4,8,13-15H2,(H,27,30). The van der Waals surface area contributed by atoms with Crippen molar-refractivity contribution in [3.8, 4) is 0 Å². The second-order valence-corrected chi connectivity index (χ2v) is 9.08. The van der Waals surface area contributed by atoms with Crippen LogP contribution in [0.25, 0.3) is 10.8 Å². The van der Waals surface area contributed by atoms with Crippen LogP contribution in [-0.2, 0) is 0 Å². The summed E-state index contributed by atoms with van der Waals surface area (Å²) in [6.45, 7) is 0.733. The maximum atomic E-state index is 13.5. The molecule has 1 saturated heterocycles. The largest absolute Gasteiger partial charge is 0.396 e. The van der Waals surface area contributed by atoms with Crippen LogP contribution in [0.4, 0.5) is 5.69 Å². The minimum Gasteiger partial charge on any atom is -0.396 e. The van der Waals surface area contributed by atoms with E-state index in [-0.39, 0.29) is 24.5 Å². The fourth-order valence-corrected chi connectivity index (χ4v) is 4.78. The molecule has 0 radical (unpaired) electrons. The number of rotatable bonds is 5. The number of hydrogen-bond donors (Lipinski definition) is 2. The average Bonchev–Trinajstić information content (AvgIpc) is 2.80. The van der Waals surface area contributed by atoms with Crippen LogP contribution < -0.4 is 5.32 Å². The molecule has 160 valence electrons. The van der Waals surface area contributed by atoms with Gasteiger partial charge in [0.25, 0.3) is 11.8 Å². The number of benzene rings is 3. The monoisotopic (exact) mass is 528 g/mol. The molecule has 31 heavy (non-hydrogen) atoms. The molecule has 0 saturated carbocycles. The number of carbonyl (C=O) groups is 2. The molecule has 0 spiro atoms. The first-order chi connectivity index (χ1) is 15.1. The maximum absolute atomic E-state index is 13.5. The highest BCUT2D eigenvalue weighted by atomic mass is 127. The summed E-state index contributed by atoms with van der Waals surface area (Å²) in [6.07, 6.45) is 3.49. The van der Waals surface area contributed by atoms with E-state index in [2.05, 4.69) is 27.9 Å². The van der Waals surface area contributed by atoms with Crippen LogP contribution in [0.3, 0.4) is 0 Å². The Labute approximate surface area is 195 Å². The van der Waals surface area contributed by atoms with Gasteiger partial charge in [-0.1, -0.05) is 36.4 Å². The molecule has 1 fully saturated rings. The van der Waals surface area contributed by atoms with Crippen LogP contribution in [0.2, 0.25) is 0 Å². The van der Waals surface area contributed by atoms with E-state index in [0.717, 1.165) is 33.6 Å². The number of carbonyl (C=O) groups excluding carboxylic acids is 2. The summed E-state index contributed by atoms with van der Waals surface area (Å²) in [4.78, 5) is 28.5. The van der Waals surface area contributed by atoms with Crippen molar-refractivity contribution in [3.05, 3.63) is 75.4 Å². The third-order valence-corrected chi connectivity index (χ3v) is 6.52. The number of nitrogens with zero attached hydrogens (tertiary/aromatic N) is 1. The number of fused-ring (bicyclic) bond motifs is 1. The van der Waals surface area contributed by atoms with Gasteiger partial charge in [-0.15, -0.1) is 0 Å². The van der Waals surface area contributed by atoms with Crippen molar-refractivity contribution in [2.75, 3.05) is 18.5 Å². The number of aliphatic hydroxyl groups is 1. The predicted molar refractivity (Wildman–Crippen MR) is 131 cm³/mol. The molecule has 1 heterocycles. The molecular weight excluding hydrogens is 503 g/mol. The summed E-state index contributed by atoms with van der Waals surface area (Å²) in [5.74, 6) is -0.331. The fourth-order valence-electron chi connectivity index (χ4n) is 4.29. The molecule has 0 aromatic heterocycles. The average molecular weight is 528 g/mol. The lowest BCUT2D eigenvalue weighted by atomic mass is 9.98. The lowest BCUT2D eigenvalue weighted by molar-refractivity contribution is 0.0575. The summed E-state index contributed by atoms with van der Waals surface area (Å²) in [7, 11) is 0. The summed E-state index contributed by atoms with van der Waals surface area (Å²) >= 11 is 2.18. The highest BCUT2D eigenvalue weighted by Gasteiger charge is 2.29. The van der Waals surface area contributed by atoms with E-state index < -0.39 is 0 Å². The van der Waals surface area contributed by atoms with Gasteiger partial charge in [0.2, 0.25) is 0 Å². The molecular formula is C25H25IN2O3. The zero-order valence-corrected chi connectivity index (χ0v) is 19.3. The van der Waals surface area contributed by atoms with Crippen molar-refractivity contribution < 1.29 is 14.7 Å². The first kappa shape index (κ1) is 21.8. The van der Waals surface area contributed by atoms with Gasteiger partial charge in [-0.05, 0) is 83.3 Å². The summed E-state index contributed by atoms with van der Waals surface area (Å²) in [6, 6.07) is 18.9. The Kier molecular flexibility index (Phi) is 6.87. The van der Waals surface area contributed by atoms with E-state index >= 15 is 0 Å². The van der Waals surface area contributed by atoms with Crippen LogP contribution in [0, 0.1) is 3.57 Å². The van der Waals surface area contributed by atoms with Gasteiger partial charge in [0.15, 0.2) is 0 Å². The number of nitrogens with one attached hydrogen (secondary N) is 1. The highest BCUT2D eigenvalue weighted by molar-refractivity contribution is 14.1. The Balaban J connectivity index is 1.65. The lowest BCUT2D eigenvalue weighted by Gasteiger charge is -2.36. The van der Waals surface area contributed by atoms with Gasteiger partial charge >= 0.3 is 0 Å². The van der Waals surface area contributed by atoms with Crippen molar-refractivity contribution in [2.24, 2.45) is 0 Å². The van der Waals surface area contributed by atoms with Crippen molar-refractivity contribution in [3.63, 3.8) is 0 Å². The molecule has 0 aliphatic carbocycles. The van der Waals surface area contributed by atoms with E-state index in [1.54, 1.807) is 12.1 Å². The molecule has 2 amide bonds. The second-order valence-electron chi connectivity index (χ2n) is 7.83. The fraction of sp³-hybridized carbons (Fsp3) is 0.280. The van der Waals surface area contributed by atoms with Crippen LogP contribution in [0.1, 0.15) is 46.4 Å². The van der Waals surface area contributed by atoms with Crippen molar-refractivity contribution >= 4 is 50.9 Å². The number of hydrogen-bond acceptors (Lipinski definition) is 3. The molecule has 3 aromatic rings. The van der Waals surface area contributed by atoms with Gasteiger partial charge < -0.3 is 15.3 Å². The Bertz CT molecular complexity index is 1110. The summed E-state index contributed by atoms with van der Waals surface area (Å²) in [5, 5.41) is 14.3. The smallest absolute Gasteiger partial charge is 0.256 e. The van der Waals surface area contributed by atoms with Crippen LogP contribution in [0.5, 0.6) is 0 Å². The Morgan fingerprint density at radius 2 is 1.84 bits per heavy atom. The first-order valence-corrected chi connectivity index (χ1v) is 11.7. The summed E-state index contributed by atoms with van der Waals surface area (Å²) < 4.78 is 0.930. The highest BCUT2D eigenvalue weighted by Crippen LogP contribution is 2.27. The number of amides is 2. The van der Waals surface area contributed by atoms with Crippen LogP contribution >= 0.6 is 22.6 Å². The molecule has 1 atom stereocenters. The molecule has 1 unspecified atom stereocenters. The zero-order chi connectivity index (χ0) is 21.8. The molecule has 0 bridgehead atoms. The zero-order valence-electron chi connectivity index (χ0n) is 17.2. The maximum Gasteiger partial charge on any atom is 0.256 e. The lowest BCUT2D eigenvalue weighted by Crippen LogP contribution is -2.44. The number of halogens is 1. The molecule has 2 N–H and O–H groups in total. The first-order valence-electron chi connectivity index (χ1n) is 10.6. The number of piperidine rings is 1. The van der Waals surface area contributed by atoms with E-state index in [4.69, 9.17) is 0 Å². The van der Waals surface area contributed by atoms with Gasteiger partial charge in [0.05, 0.1) is 11.3 Å². The number of aliphatic hydroxyl groups excluding tert-OH is 1. The molecule has 6 heteroatoms. The Morgan fingerprint density at radius 3 is 2.68 bits per heavy atom. The van der Waals surface area contributed by atoms with E-state index in [0.29, 0.717) is 29.8 Å². The van der Waals surface area contributed by atoms with Gasteiger partial charge in [-0.2, -0.15) is 0 Å². The van der Waals surface area contributed by atoms with Gasteiger partial charge in [-0.3, -0.25) is 9.59 Å². The van der Waals surface area contributed by atoms with Crippen molar-refractivity contribution in [2.45, 2.75) is 31.7 Å². The topological polar surface area (TPSA) is 69.6 Å². The Hall–Kier alpha value is -2.45. The third kappa shape index (κ3) is 4.75.